The predicted octanol–water partition coefficient (Wildman–Crippen LogP) is 1.54. The molecule has 0 aliphatic heterocycles. The van der Waals surface area contributed by atoms with Crippen molar-refractivity contribution in [3.8, 4) is 0 Å². The number of hydrogen-bond donors (Lipinski definition) is 2. The third-order valence-corrected chi connectivity index (χ3v) is 2.65. The molecule has 0 amide bonds. The summed E-state index contributed by atoms with van der Waals surface area (Å²) in [6.45, 7) is 3.63. The van der Waals surface area contributed by atoms with Crippen molar-refractivity contribution in [3.05, 3.63) is 0 Å². The molecule has 12 heavy (non-hydrogen) atoms. The van der Waals surface area contributed by atoms with Crippen LogP contribution in [0.3, 0.4) is 0 Å². The molecule has 0 aromatic heterocycles. The number of nitrogens with one attached hydrogen (secondary N) is 1. The van der Waals surface area contributed by atoms with Gasteiger partial charge in [0, 0.05) is 12.6 Å². The quantitative estimate of drug-likeness (QED) is 0.609. The Hall–Kier alpha value is -0.0800. The maximum Gasteiger partial charge on any atom is 0.0445 e. The van der Waals surface area contributed by atoms with Gasteiger partial charge in [-0.1, -0.05) is 19.8 Å². The first-order valence-electron chi connectivity index (χ1n) is 5.21. The summed E-state index contributed by atoms with van der Waals surface area (Å²) < 4.78 is 0. The van der Waals surface area contributed by atoms with Crippen LogP contribution in [-0.2, 0) is 0 Å². The maximum atomic E-state index is 8.75. The standard InChI is InChI=1S/C10H21NO/c1-2-10(6-8-12)11-7-5-9-3-4-9/h9-12H,2-8H2,1H3. The molecule has 0 aromatic rings. The van der Waals surface area contributed by atoms with E-state index < -0.39 is 0 Å². The highest BCUT2D eigenvalue weighted by molar-refractivity contribution is 4.75. The fourth-order valence-electron chi connectivity index (χ4n) is 1.50. The molecule has 0 heterocycles. The zero-order valence-corrected chi connectivity index (χ0v) is 8.05. The van der Waals surface area contributed by atoms with Crippen LogP contribution >= 0.6 is 0 Å². The van der Waals surface area contributed by atoms with E-state index in [0.717, 1.165) is 25.3 Å². The molecule has 1 atom stereocenters. The van der Waals surface area contributed by atoms with E-state index in [4.69, 9.17) is 5.11 Å². The monoisotopic (exact) mass is 171 g/mol. The van der Waals surface area contributed by atoms with Crippen LogP contribution in [0.5, 0.6) is 0 Å². The van der Waals surface area contributed by atoms with Gasteiger partial charge in [0.2, 0.25) is 0 Å². The minimum absolute atomic E-state index is 0.314. The topological polar surface area (TPSA) is 32.3 Å². The van der Waals surface area contributed by atoms with E-state index in [0.29, 0.717) is 12.6 Å². The molecule has 0 saturated heterocycles. The summed E-state index contributed by atoms with van der Waals surface area (Å²) >= 11 is 0. The third-order valence-electron chi connectivity index (χ3n) is 2.65. The van der Waals surface area contributed by atoms with Crippen molar-refractivity contribution < 1.29 is 5.11 Å². The minimum atomic E-state index is 0.314. The first kappa shape index (κ1) is 10.0. The number of hydrogen-bond acceptors (Lipinski definition) is 2. The molecular weight excluding hydrogens is 150 g/mol. The average Bonchev–Trinajstić information content (AvgIpc) is 2.87. The van der Waals surface area contributed by atoms with Crippen molar-refractivity contribution in [1.29, 1.82) is 0 Å². The van der Waals surface area contributed by atoms with Crippen LogP contribution in [-0.4, -0.2) is 24.3 Å². The van der Waals surface area contributed by atoms with Gasteiger partial charge in [-0.05, 0) is 31.7 Å². The third kappa shape index (κ3) is 4.07. The number of aliphatic hydroxyl groups excluding tert-OH is 1. The zero-order chi connectivity index (χ0) is 8.81. The van der Waals surface area contributed by atoms with Crippen LogP contribution in [0.2, 0.25) is 0 Å². The Balaban J connectivity index is 1.93. The molecule has 1 rings (SSSR count). The van der Waals surface area contributed by atoms with Crippen molar-refractivity contribution in [2.45, 2.75) is 45.1 Å². The highest BCUT2D eigenvalue weighted by Crippen LogP contribution is 2.31. The molecule has 1 aliphatic carbocycles. The first-order valence-corrected chi connectivity index (χ1v) is 5.21. The lowest BCUT2D eigenvalue weighted by Gasteiger charge is -2.15. The number of rotatable bonds is 7. The smallest absolute Gasteiger partial charge is 0.0445 e. The Labute approximate surface area is 75.4 Å². The van der Waals surface area contributed by atoms with Gasteiger partial charge >= 0.3 is 0 Å². The molecular formula is C10H21NO. The van der Waals surface area contributed by atoms with E-state index in [1.54, 1.807) is 0 Å². The first-order chi connectivity index (χ1) is 5.86. The van der Waals surface area contributed by atoms with Gasteiger partial charge in [0.05, 0.1) is 0 Å². The van der Waals surface area contributed by atoms with Crippen molar-refractivity contribution in [3.63, 3.8) is 0 Å². The predicted molar refractivity (Wildman–Crippen MR) is 51.1 cm³/mol. The highest BCUT2D eigenvalue weighted by Gasteiger charge is 2.20. The van der Waals surface area contributed by atoms with Gasteiger partial charge in [0.1, 0.15) is 0 Å². The van der Waals surface area contributed by atoms with E-state index in [1.807, 2.05) is 0 Å². The van der Waals surface area contributed by atoms with Crippen LogP contribution in [0.1, 0.15) is 39.0 Å². The van der Waals surface area contributed by atoms with E-state index in [9.17, 15) is 0 Å². The Kier molecular flexibility index (Phi) is 4.62. The Morgan fingerprint density at radius 2 is 2.25 bits per heavy atom. The van der Waals surface area contributed by atoms with Crippen LogP contribution in [0, 0.1) is 5.92 Å². The van der Waals surface area contributed by atoms with Gasteiger partial charge in [-0.15, -0.1) is 0 Å². The van der Waals surface area contributed by atoms with Crippen LogP contribution < -0.4 is 5.32 Å². The molecule has 1 fully saturated rings. The molecule has 0 spiro atoms. The molecule has 1 unspecified atom stereocenters. The summed E-state index contributed by atoms with van der Waals surface area (Å²) in [4.78, 5) is 0. The van der Waals surface area contributed by atoms with E-state index >= 15 is 0 Å². The molecule has 2 nitrogen and oxygen atoms in total. The Morgan fingerprint density at radius 3 is 2.75 bits per heavy atom. The fraction of sp³-hybridized carbons (Fsp3) is 1.00. The molecule has 0 radical (unpaired) electrons. The van der Waals surface area contributed by atoms with Crippen molar-refractivity contribution in [2.75, 3.05) is 13.2 Å². The lowest BCUT2D eigenvalue weighted by atomic mass is 10.1. The zero-order valence-electron chi connectivity index (χ0n) is 8.05. The molecule has 1 saturated carbocycles. The van der Waals surface area contributed by atoms with Crippen molar-refractivity contribution >= 4 is 0 Å². The van der Waals surface area contributed by atoms with E-state index in [1.165, 1.54) is 19.3 Å². The lowest BCUT2D eigenvalue weighted by molar-refractivity contribution is 0.262. The molecule has 1 aliphatic rings. The van der Waals surface area contributed by atoms with Gasteiger partial charge in [0.15, 0.2) is 0 Å². The van der Waals surface area contributed by atoms with E-state index in [-0.39, 0.29) is 0 Å². The van der Waals surface area contributed by atoms with Gasteiger partial charge in [0.25, 0.3) is 0 Å². The SMILES string of the molecule is CCC(CCO)NCCC1CC1. The van der Waals surface area contributed by atoms with Gasteiger partial charge < -0.3 is 10.4 Å². The summed E-state index contributed by atoms with van der Waals surface area (Å²) in [5.41, 5.74) is 0. The van der Waals surface area contributed by atoms with Crippen LogP contribution in [0.15, 0.2) is 0 Å². The second-order valence-electron chi connectivity index (χ2n) is 3.80. The summed E-state index contributed by atoms with van der Waals surface area (Å²) in [5, 5.41) is 12.2. The van der Waals surface area contributed by atoms with Gasteiger partial charge in [-0.25, -0.2) is 0 Å². The summed E-state index contributed by atoms with van der Waals surface area (Å²) in [6, 6.07) is 0.536. The number of aliphatic hydroxyl groups is 1. The Bertz CT molecular complexity index is 112. The van der Waals surface area contributed by atoms with Crippen LogP contribution in [0.4, 0.5) is 0 Å². The highest BCUT2D eigenvalue weighted by atomic mass is 16.3. The van der Waals surface area contributed by atoms with Gasteiger partial charge in [-0.2, -0.15) is 0 Å². The molecule has 2 heteroatoms. The van der Waals surface area contributed by atoms with Crippen molar-refractivity contribution in [2.24, 2.45) is 5.92 Å². The lowest BCUT2D eigenvalue weighted by Crippen LogP contribution is -2.30. The molecule has 72 valence electrons. The van der Waals surface area contributed by atoms with Crippen LogP contribution in [0.25, 0.3) is 0 Å². The van der Waals surface area contributed by atoms with Gasteiger partial charge in [-0.3, -0.25) is 0 Å². The Morgan fingerprint density at radius 1 is 1.50 bits per heavy atom. The van der Waals surface area contributed by atoms with E-state index in [2.05, 4.69) is 12.2 Å². The summed E-state index contributed by atoms with van der Waals surface area (Å²) in [7, 11) is 0. The fourth-order valence-corrected chi connectivity index (χ4v) is 1.50. The second-order valence-corrected chi connectivity index (χ2v) is 3.80. The molecule has 0 aromatic carbocycles. The normalized spacial score (nSPS) is 19.5. The second kappa shape index (κ2) is 5.55. The summed E-state index contributed by atoms with van der Waals surface area (Å²) in [5.74, 6) is 1.02. The molecule has 2 N–H and O–H groups in total. The maximum absolute atomic E-state index is 8.75. The largest absolute Gasteiger partial charge is 0.396 e. The average molecular weight is 171 g/mol. The molecule has 0 bridgehead atoms. The van der Waals surface area contributed by atoms with Crippen molar-refractivity contribution in [1.82, 2.24) is 5.32 Å². The minimum Gasteiger partial charge on any atom is -0.396 e. The summed E-state index contributed by atoms with van der Waals surface area (Å²) in [6.07, 6.45) is 6.26.